The SMILES string of the molecule is CCCn1c([Si](C)(C)C)cc2c(F)c(-c3cc(F)cc(F)c3)ccc21. The predicted octanol–water partition coefficient (Wildman–Crippen LogP) is 5.68. The van der Waals surface area contributed by atoms with Gasteiger partial charge in [0.05, 0.1) is 13.6 Å². The van der Waals surface area contributed by atoms with Gasteiger partial charge in [-0.15, -0.1) is 0 Å². The summed E-state index contributed by atoms with van der Waals surface area (Å²) in [5.41, 5.74) is 1.29. The summed E-state index contributed by atoms with van der Waals surface area (Å²) in [7, 11) is -1.66. The van der Waals surface area contributed by atoms with E-state index in [1.807, 2.05) is 12.1 Å². The molecule has 2 aromatic carbocycles. The zero-order chi connectivity index (χ0) is 18.4. The number of nitrogens with zero attached hydrogens (tertiary/aromatic N) is 1. The molecule has 0 unspecified atom stereocenters. The standard InChI is InChI=1S/C20H22F3NSi/c1-5-8-24-18-7-6-16(13-9-14(21)11-15(22)10-13)20(23)17(18)12-19(24)25(2,3)4/h6-7,9-12H,5,8H2,1-4H3. The number of fused-ring (bicyclic) bond motifs is 1. The second-order valence-electron chi connectivity index (χ2n) is 7.45. The van der Waals surface area contributed by atoms with Crippen LogP contribution in [0.3, 0.4) is 0 Å². The largest absolute Gasteiger partial charge is 0.348 e. The quantitative estimate of drug-likeness (QED) is 0.527. The molecule has 0 spiro atoms. The highest BCUT2D eigenvalue weighted by Gasteiger charge is 2.24. The third-order valence-corrected chi connectivity index (χ3v) is 6.36. The Hall–Kier alpha value is -2.01. The molecule has 1 aromatic heterocycles. The summed E-state index contributed by atoms with van der Waals surface area (Å²) in [5, 5.41) is 1.71. The predicted molar refractivity (Wildman–Crippen MR) is 101 cm³/mol. The summed E-state index contributed by atoms with van der Waals surface area (Å²) >= 11 is 0. The van der Waals surface area contributed by atoms with Crippen LogP contribution in [-0.4, -0.2) is 12.6 Å². The fourth-order valence-electron chi connectivity index (χ4n) is 3.32. The highest BCUT2D eigenvalue weighted by Crippen LogP contribution is 2.31. The van der Waals surface area contributed by atoms with Gasteiger partial charge in [0.1, 0.15) is 17.5 Å². The van der Waals surface area contributed by atoms with Crippen molar-refractivity contribution in [2.75, 3.05) is 0 Å². The average Bonchev–Trinajstić information content (AvgIpc) is 2.87. The maximum absolute atomic E-state index is 15.2. The molecule has 25 heavy (non-hydrogen) atoms. The first kappa shape index (κ1) is 17.8. The van der Waals surface area contributed by atoms with Crippen LogP contribution in [0.5, 0.6) is 0 Å². The Kier molecular flexibility index (Phi) is 4.54. The summed E-state index contributed by atoms with van der Waals surface area (Å²) in [6.07, 6.45) is 0.958. The lowest BCUT2D eigenvalue weighted by atomic mass is 10.0. The fraction of sp³-hybridized carbons (Fsp3) is 0.300. The number of hydrogen-bond acceptors (Lipinski definition) is 0. The van der Waals surface area contributed by atoms with Crippen LogP contribution < -0.4 is 5.32 Å². The summed E-state index contributed by atoms with van der Waals surface area (Å²) in [6, 6.07) is 8.51. The van der Waals surface area contributed by atoms with Crippen molar-refractivity contribution >= 4 is 24.3 Å². The molecule has 0 aliphatic rings. The van der Waals surface area contributed by atoms with E-state index in [1.54, 1.807) is 6.07 Å². The molecule has 0 bridgehead atoms. The molecule has 0 aliphatic heterocycles. The van der Waals surface area contributed by atoms with Crippen LogP contribution in [0.15, 0.2) is 36.4 Å². The van der Waals surface area contributed by atoms with E-state index in [-0.39, 0.29) is 11.1 Å². The first-order chi connectivity index (χ1) is 11.7. The van der Waals surface area contributed by atoms with Crippen LogP contribution in [0.2, 0.25) is 19.6 Å². The van der Waals surface area contributed by atoms with Crippen molar-refractivity contribution in [3.8, 4) is 11.1 Å². The zero-order valence-corrected chi connectivity index (χ0v) is 16.0. The van der Waals surface area contributed by atoms with E-state index < -0.39 is 25.5 Å². The number of aryl methyl sites for hydroxylation is 1. The third-order valence-electron chi connectivity index (χ3n) is 4.41. The number of hydrogen-bond donors (Lipinski definition) is 0. The van der Waals surface area contributed by atoms with Gasteiger partial charge in [0.2, 0.25) is 0 Å². The number of halogens is 3. The van der Waals surface area contributed by atoms with Crippen LogP contribution in [-0.2, 0) is 6.54 Å². The van der Waals surface area contributed by atoms with Gasteiger partial charge >= 0.3 is 0 Å². The highest BCUT2D eigenvalue weighted by atomic mass is 28.3. The van der Waals surface area contributed by atoms with E-state index >= 15 is 4.39 Å². The first-order valence-electron chi connectivity index (χ1n) is 8.51. The molecular weight excluding hydrogens is 339 g/mol. The summed E-state index contributed by atoms with van der Waals surface area (Å²) < 4.78 is 44.4. The van der Waals surface area contributed by atoms with Gasteiger partial charge in [-0.3, -0.25) is 0 Å². The molecule has 1 heterocycles. The number of aromatic nitrogens is 1. The van der Waals surface area contributed by atoms with E-state index in [0.717, 1.165) is 36.7 Å². The minimum Gasteiger partial charge on any atom is -0.348 e. The first-order valence-corrected chi connectivity index (χ1v) is 12.0. The van der Waals surface area contributed by atoms with Crippen LogP contribution in [0.25, 0.3) is 22.0 Å². The molecule has 132 valence electrons. The van der Waals surface area contributed by atoms with Gasteiger partial charge in [0, 0.05) is 28.9 Å². The molecule has 3 aromatic rings. The van der Waals surface area contributed by atoms with Crippen LogP contribution in [0.4, 0.5) is 13.2 Å². The topological polar surface area (TPSA) is 4.93 Å². The van der Waals surface area contributed by atoms with Crippen molar-refractivity contribution in [2.45, 2.75) is 39.5 Å². The van der Waals surface area contributed by atoms with E-state index in [1.165, 1.54) is 5.32 Å². The van der Waals surface area contributed by atoms with Crippen molar-refractivity contribution < 1.29 is 13.2 Å². The van der Waals surface area contributed by atoms with E-state index in [4.69, 9.17) is 0 Å². The third kappa shape index (κ3) is 3.25. The highest BCUT2D eigenvalue weighted by molar-refractivity contribution is 6.88. The van der Waals surface area contributed by atoms with E-state index in [9.17, 15) is 8.78 Å². The van der Waals surface area contributed by atoms with Crippen molar-refractivity contribution in [1.82, 2.24) is 4.57 Å². The van der Waals surface area contributed by atoms with Crippen molar-refractivity contribution in [2.24, 2.45) is 0 Å². The molecule has 0 saturated heterocycles. The molecule has 0 amide bonds. The summed E-state index contributed by atoms with van der Waals surface area (Å²) in [6.45, 7) is 9.62. The fourth-order valence-corrected chi connectivity index (χ4v) is 4.94. The molecule has 0 radical (unpaired) electrons. The van der Waals surface area contributed by atoms with Gasteiger partial charge < -0.3 is 4.57 Å². The number of benzene rings is 2. The Morgan fingerprint density at radius 2 is 1.56 bits per heavy atom. The van der Waals surface area contributed by atoms with Crippen molar-refractivity contribution in [1.29, 1.82) is 0 Å². The molecule has 0 aliphatic carbocycles. The van der Waals surface area contributed by atoms with E-state index in [0.29, 0.717) is 5.39 Å². The zero-order valence-electron chi connectivity index (χ0n) is 15.0. The molecule has 0 fully saturated rings. The molecule has 1 nitrogen and oxygen atoms in total. The molecular formula is C20H22F3NSi. The molecule has 0 atom stereocenters. The second-order valence-corrected chi connectivity index (χ2v) is 12.5. The van der Waals surface area contributed by atoms with Crippen molar-refractivity contribution in [3.05, 3.63) is 53.8 Å². The normalized spacial score (nSPS) is 12.1. The van der Waals surface area contributed by atoms with Gasteiger partial charge in [-0.25, -0.2) is 13.2 Å². The van der Waals surface area contributed by atoms with Crippen LogP contribution in [0, 0.1) is 17.5 Å². The molecule has 5 heteroatoms. The molecule has 0 saturated carbocycles. The Bertz CT molecular complexity index is 918. The lowest BCUT2D eigenvalue weighted by Gasteiger charge is -2.20. The molecule has 3 rings (SSSR count). The van der Waals surface area contributed by atoms with Gasteiger partial charge in [-0.05, 0) is 42.3 Å². The maximum atomic E-state index is 15.2. The van der Waals surface area contributed by atoms with Crippen molar-refractivity contribution in [3.63, 3.8) is 0 Å². The Balaban J connectivity index is 2.27. The van der Waals surface area contributed by atoms with E-state index in [2.05, 4.69) is 31.1 Å². The smallest absolute Gasteiger partial charge is 0.140 e. The molecule has 0 N–H and O–H groups in total. The van der Waals surface area contributed by atoms with Gasteiger partial charge in [-0.1, -0.05) is 26.6 Å². The lowest BCUT2D eigenvalue weighted by Crippen LogP contribution is -2.42. The summed E-state index contributed by atoms with van der Waals surface area (Å²) in [4.78, 5) is 0. The monoisotopic (exact) mass is 361 g/mol. The van der Waals surface area contributed by atoms with Gasteiger partial charge in [0.25, 0.3) is 0 Å². The number of rotatable bonds is 4. The Morgan fingerprint density at radius 1 is 0.920 bits per heavy atom. The minimum atomic E-state index is -1.66. The summed E-state index contributed by atoms with van der Waals surface area (Å²) in [5.74, 6) is -1.83. The van der Waals surface area contributed by atoms with Gasteiger partial charge in [0.15, 0.2) is 0 Å². The average molecular weight is 361 g/mol. The second kappa shape index (κ2) is 6.37. The maximum Gasteiger partial charge on any atom is 0.140 e. The lowest BCUT2D eigenvalue weighted by molar-refractivity contribution is 0.583. The van der Waals surface area contributed by atoms with Crippen LogP contribution in [0.1, 0.15) is 13.3 Å². The van der Waals surface area contributed by atoms with Crippen LogP contribution >= 0.6 is 0 Å². The Labute approximate surface area is 147 Å². The Morgan fingerprint density at radius 3 is 2.12 bits per heavy atom. The van der Waals surface area contributed by atoms with Gasteiger partial charge in [-0.2, -0.15) is 0 Å². The minimum absolute atomic E-state index is 0.217.